The van der Waals surface area contributed by atoms with Crippen LogP contribution in [0.4, 0.5) is 0 Å². The van der Waals surface area contributed by atoms with Gasteiger partial charge in [-0.15, -0.1) is 0 Å². The van der Waals surface area contributed by atoms with Gasteiger partial charge in [0, 0.05) is 0 Å². The molecule has 6 heteroatoms. The van der Waals surface area contributed by atoms with Crippen LogP contribution in [-0.2, 0) is 9.47 Å². The lowest BCUT2D eigenvalue weighted by Crippen LogP contribution is -2.14. The summed E-state index contributed by atoms with van der Waals surface area (Å²) in [6.45, 7) is 0.758. The van der Waals surface area contributed by atoms with Gasteiger partial charge in [-0.3, -0.25) is 0 Å². The van der Waals surface area contributed by atoms with Crippen LogP contribution in [0.2, 0.25) is 0 Å². The van der Waals surface area contributed by atoms with Crippen molar-refractivity contribution in [2.45, 2.75) is 0 Å². The van der Waals surface area contributed by atoms with Crippen molar-refractivity contribution >= 4 is 11.9 Å². The van der Waals surface area contributed by atoms with E-state index in [1.807, 2.05) is 60.7 Å². The quantitative estimate of drug-likeness (QED) is 0.372. The summed E-state index contributed by atoms with van der Waals surface area (Å²) in [5.41, 5.74) is 0.692. The second-order valence-electron chi connectivity index (χ2n) is 6.17. The summed E-state index contributed by atoms with van der Waals surface area (Å²) in [4.78, 5) is 24.1. The number of hydrogen-bond donors (Lipinski definition) is 0. The number of benzene rings is 3. The largest absolute Gasteiger partial charge is 0.490 e. The highest BCUT2D eigenvalue weighted by molar-refractivity contribution is 5.93. The maximum atomic E-state index is 12.1. The van der Waals surface area contributed by atoms with Crippen LogP contribution >= 0.6 is 0 Å². The van der Waals surface area contributed by atoms with Crippen LogP contribution in [0.15, 0.2) is 84.9 Å². The van der Waals surface area contributed by atoms with Crippen LogP contribution in [-0.4, -0.2) is 38.4 Å². The molecule has 6 nitrogen and oxygen atoms in total. The lowest BCUT2D eigenvalue weighted by molar-refractivity contribution is 0.0437. The fourth-order valence-electron chi connectivity index (χ4n) is 2.53. The van der Waals surface area contributed by atoms with Gasteiger partial charge >= 0.3 is 11.9 Å². The standard InChI is InChI=1S/C24H22O6/c25-23(29-17-15-27-21-7-3-1-4-8-21)19-11-13-20(14-12-19)24(26)30-18-16-28-22-9-5-2-6-10-22/h1-14H,15-18H2. The van der Waals surface area contributed by atoms with Gasteiger partial charge in [0.2, 0.25) is 0 Å². The van der Waals surface area contributed by atoms with E-state index < -0.39 is 11.9 Å². The summed E-state index contributed by atoms with van der Waals surface area (Å²) in [6.07, 6.45) is 0. The minimum absolute atomic E-state index is 0.124. The number of hydrogen-bond acceptors (Lipinski definition) is 6. The van der Waals surface area contributed by atoms with Crippen molar-refractivity contribution in [2.75, 3.05) is 26.4 Å². The van der Waals surface area contributed by atoms with E-state index >= 15 is 0 Å². The molecule has 0 aromatic heterocycles. The van der Waals surface area contributed by atoms with Gasteiger partial charge in [-0.2, -0.15) is 0 Å². The van der Waals surface area contributed by atoms with Crippen molar-refractivity contribution in [3.63, 3.8) is 0 Å². The van der Waals surface area contributed by atoms with Gasteiger partial charge in [0.25, 0.3) is 0 Å². The zero-order chi connectivity index (χ0) is 21.0. The highest BCUT2D eigenvalue weighted by Crippen LogP contribution is 2.10. The normalized spacial score (nSPS) is 10.1. The molecule has 0 saturated carbocycles. The lowest BCUT2D eigenvalue weighted by atomic mass is 10.1. The summed E-state index contributed by atoms with van der Waals surface area (Å²) in [6, 6.07) is 24.7. The maximum absolute atomic E-state index is 12.1. The van der Waals surface area contributed by atoms with Crippen molar-refractivity contribution < 1.29 is 28.5 Å². The maximum Gasteiger partial charge on any atom is 0.338 e. The first-order chi connectivity index (χ1) is 14.7. The molecule has 0 radical (unpaired) electrons. The summed E-state index contributed by atoms with van der Waals surface area (Å²) in [5.74, 6) is 0.460. The summed E-state index contributed by atoms with van der Waals surface area (Å²) < 4.78 is 21.3. The number of para-hydroxylation sites is 2. The van der Waals surface area contributed by atoms with E-state index in [-0.39, 0.29) is 26.4 Å². The van der Waals surface area contributed by atoms with E-state index in [0.29, 0.717) is 22.6 Å². The third-order valence-electron chi connectivity index (χ3n) is 4.01. The molecule has 0 unspecified atom stereocenters. The zero-order valence-corrected chi connectivity index (χ0v) is 16.4. The Morgan fingerprint density at radius 2 is 0.867 bits per heavy atom. The van der Waals surface area contributed by atoms with Crippen LogP contribution in [0.25, 0.3) is 0 Å². The fraction of sp³-hybridized carbons (Fsp3) is 0.167. The molecule has 0 spiro atoms. The highest BCUT2D eigenvalue weighted by Gasteiger charge is 2.11. The molecular formula is C24H22O6. The van der Waals surface area contributed by atoms with Crippen LogP contribution in [0, 0.1) is 0 Å². The van der Waals surface area contributed by atoms with E-state index in [0.717, 1.165) is 0 Å². The first-order valence-corrected chi connectivity index (χ1v) is 9.52. The van der Waals surface area contributed by atoms with Crippen LogP contribution in [0.3, 0.4) is 0 Å². The second-order valence-corrected chi connectivity index (χ2v) is 6.17. The van der Waals surface area contributed by atoms with Gasteiger partial charge in [0.1, 0.15) is 37.9 Å². The van der Waals surface area contributed by atoms with Crippen LogP contribution in [0.1, 0.15) is 20.7 Å². The molecule has 0 atom stereocenters. The Morgan fingerprint density at radius 1 is 0.500 bits per heavy atom. The Balaban J connectivity index is 1.36. The molecule has 0 fully saturated rings. The number of carbonyl (C=O) groups is 2. The van der Waals surface area contributed by atoms with Crippen molar-refractivity contribution in [3.05, 3.63) is 96.1 Å². The smallest absolute Gasteiger partial charge is 0.338 e. The van der Waals surface area contributed by atoms with Crippen molar-refractivity contribution in [1.29, 1.82) is 0 Å². The molecule has 0 aliphatic rings. The molecule has 3 rings (SSSR count). The SMILES string of the molecule is O=C(OCCOc1ccccc1)c1ccc(C(=O)OCCOc2ccccc2)cc1. The van der Waals surface area contributed by atoms with Crippen molar-refractivity contribution in [1.82, 2.24) is 0 Å². The van der Waals surface area contributed by atoms with E-state index in [4.69, 9.17) is 18.9 Å². The molecule has 0 heterocycles. The molecule has 0 N–H and O–H groups in total. The molecule has 30 heavy (non-hydrogen) atoms. The van der Waals surface area contributed by atoms with Gasteiger partial charge < -0.3 is 18.9 Å². The van der Waals surface area contributed by atoms with Crippen LogP contribution in [0.5, 0.6) is 11.5 Å². The Bertz CT molecular complexity index is 844. The predicted molar refractivity (Wildman–Crippen MR) is 111 cm³/mol. The van der Waals surface area contributed by atoms with Gasteiger partial charge in [0.15, 0.2) is 0 Å². The average Bonchev–Trinajstić information content (AvgIpc) is 2.81. The third kappa shape index (κ3) is 6.67. The first-order valence-electron chi connectivity index (χ1n) is 9.52. The van der Waals surface area contributed by atoms with Gasteiger partial charge in [-0.25, -0.2) is 9.59 Å². The molecule has 3 aromatic rings. The zero-order valence-electron chi connectivity index (χ0n) is 16.4. The fourth-order valence-corrected chi connectivity index (χ4v) is 2.53. The van der Waals surface area contributed by atoms with E-state index in [9.17, 15) is 9.59 Å². The first kappa shape index (κ1) is 20.9. The number of esters is 2. The molecule has 3 aromatic carbocycles. The lowest BCUT2D eigenvalue weighted by Gasteiger charge is -2.08. The molecule has 0 saturated heterocycles. The Labute approximate surface area is 175 Å². The summed E-state index contributed by atoms with van der Waals surface area (Å²) in [7, 11) is 0. The summed E-state index contributed by atoms with van der Waals surface area (Å²) >= 11 is 0. The van der Waals surface area contributed by atoms with Gasteiger partial charge in [-0.05, 0) is 48.5 Å². The Hall–Kier alpha value is -3.80. The van der Waals surface area contributed by atoms with Crippen molar-refractivity contribution in [2.24, 2.45) is 0 Å². The summed E-state index contributed by atoms with van der Waals surface area (Å²) in [5, 5.41) is 0. The molecule has 154 valence electrons. The number of carbonyl (C=O) groups excluding carboxylic acids is 2. The second kappa shape index (κ2) is 11.3. The molecule has 0 aliphatic carbocycles. The third-order valence-corrected chi connectivity index (χ3v) is 4.01. The topological polar surface area (TPSA) is 71.1 Å². The minimum Gasteiger partial charge on any atom is -0.490 e. The van der Waals surface area contributed by atoms with Crippen LogP contribution < -0.4 is 9.47 Å². The average molecular weight is 406 g/mol. The highest BCUT2D eigenvalue weighted by atomic mass is 16.6. The molecular weight excluding hydrogens is 384 g/mol. The van der Waals surface area contributed by atoms with E-state index in [1.165, 1.54) is 24.3 Å². The van der Waals surface area contributed by atoms with Crippen molar-refractivity contribution in [3.8, 4) is 11.5 Å². The Kier molecular flexibility index (Phi) is 7.85. The van der Waals surface area contributed by atoms with E-state index in [1.54, 1.807) is 0 Å². The van der Waals surface area contributed by atoms with E-state index in [2.05, 4.69) is 0 Å². The predicted octanol–water partition coefficient (Wildman–Crippen LogP) is 4.16. The molecule has 0 aliphatic heterocycles. The van der Waals surface area contributed by atoms with Gasteiger partial charge in [-0.1, -0.05) is 36.4 Å². The number of ether oxygens (including phenoxy) is 4. The Morgan fingerprint density at radius 3 is 1.23 bits per heavy atom. The van der Waals surface area contributed by atoms with Gasteiger partial charge in [0.05, 0.1) is 11.1 Å². The molecule has 0 amide bonds. The monoisotopic (exact) mass is 406 g/mol. The minimum atomic E-state index is -0.483. The number of rotatable bonds is 10. The molecule has 0 bridgehead atoms.